The summed E-state index contributed by atoms with van der Waals surface area (Å²) in [6, 6.07) is 0. The molecule has 0 aliphatic rings. The highest BCUT2D eigenvalue weighted by Crippen LogP contribution is 2.17. The van der Waals surface area contributed by atoms with E-state index in [2.05, 4.69) is 17.3 Å². The van der Waals surface area contributed by atoms with Gasteiger partial charge in [0.25, 0.3) is 0 Å². The molecular weight excluding hydrogens is 214 g/mol. The second kappa shape index (κ2) is 7.26. The molecule has 0 atom stereocenters. The first-order valence-electron chi connectivity index (χ1n) is 4.98. The fourth-order valence-corrected chi connectivity index (χ4v) is 2.93. The van der Waals surface area contributed by atoms with E-state index in [0.29, 0.717) is 6.61 Å². The van der Waals surface area contributed by atoms with Crippen molar-refractivity contribution < 1.29 is 5.11 Å². The zero-order valence-corrected chi connectivity index (χ0v) is 10.2. The Bertz CT molecular complexity index is 250. The summed E-state index contributed by atoms with van der Waals surface area (Å²) in [5.74, 6) is 2.01. The smallest absolute Gasteiger partial charge is 0.0928 e. The lowest BCUT2D eigenvalue weighted by Gasteiger charge is -1.96. The standard InChI is InChI=1S/C10H17NOS2/c1-2-4-10-11-9(8-14-10)7-13-6-3-5-12/h8,12H,2-7H2,1H3. The Labute approximate surface area is 93.8 Å². The lowest BCUT2D eigenvalue weighted by molar-refractivity contribution is 0.296. The van der Waals surface area contributed by atoms with Crippen LogP contribution in [-0.4, -0.2) is 22.5 Å². The van der Waals surface area contributed by atoms with Gasteiger partial charge in [0.05, 0.1) is 10.7 Å². The maximum absolute atomic E-state index is 8.61. The number of aromatic nitrogens is 1. The third-order valence-electron chi connectivity index (χ3n) is 1.76. The molecule has 1 rings (SSSR count). The molecule has 0 bridgehead atoms. The Morgan fingerprint density at radius 1 is 1.57 bits per heavy atom. The SMILES string of the molecule is CCCc1nc(CSCCCO)cs1. The van der Waals surface area contributed by atoms with Gasteiger partial charge >= 0.3 is 0 Å². The number of aliphatic hydroxyl groups is 1. The van der Waals surface area contributed by atoms with Crippen LogP contribution in [0.15, 0.2) is 5.38 Å². The van der Waals surface area contributed by atoms with Crippen LogP contribution in [0.1, 0.15) is 30.5 Å². The second-order valence-corrected chi connectivity index (χ2v) is 5.16. The van der Waals surface area contributed by atoms with E-state index in [1.165, 1.54) is 17.1 Å². The van der Waals surface area contributed by atoms with Crippen molar-refractivity contribution in [2.24, 2.45) is 0 Å². The van der Waals surface area contributed by atoms with Crippen LogP contribution in [-0.2, 0) is 12.2 Å². The maximum atomic E-state index is 8.61. The minimum absolute atomic E-state index is 0.297. The van der Waals surface area contributed by atoms with Crippen LogP contribution in [0.5, 0.6) is 0 Å². The Morgan fingerprint density at radius 2 is 2.43 bits per heavy atom. The minimum atomic E-state index is 0.297. The van der Waals surface area contributed by atoms with Gasteiger partial charge in [-0.25, -0.2) is 4.98 Å². The van der Waals surface area contributed by atoms with E-state index in [1.807, 2.05) is 11.8 Å². The van der Waals surface area contributed by atoms with Gasteiger partial charge in [0, 0.05) is 17.7 Å². The lowest BCUT2D eigenvalue weighted by atomic mass is 10.3. The second-order valence-electron chi connectivity index (χ2n) is 3.11. The quantitative estimate of drug-likeness (QED) is 0.732. The summed E-state index contributed by atoms with van der Waals surface area (Å²) in [6.45, 7) is 2.47. The van der Waals surface area contributed by atoms with Crippen LogP contribution in [0, 0.1) is 0 Å². The molecule has 1 heterocycles. The zero-order valence-electron chi connectivity index (χ0n) is 8.53. The van der Waals surface area contributed by atoms with Gasteiger partial charge in [0.2, 0.25) is 0 Å². The number of nitrogens with zero attached hydrogens (tertiary/aromatic N) is 1. The van der Waals surface area contributed by atoms with Crippen LogP contribution < -0.4 is 0 Å². The zero-order chi connectivity index (χ0) is 10.2. The number of rotatable bonds is 7. The third-order valence-corrected chi connectivity index (χ3v) is 3.79. The Hall–Kier alpha value is -0.0600. The molecule has 0 aliphatic carbocycles. The van der Waals surface area contributed by atoms with Crippen molar-refractivity contribution in [1.82, 2.24) is 4.98 Å². The molecule has 80 valence electrons. The van der Waals surface area contributed by atoms with E-state index in [9.17, 15) is 0 Å². The first-order chi connectivity index (χ1) is 6.86. The third kappa shape index (κ3) is 4.44. The molecule has 0 saturated carbocycles. The largest absolute Gasteiger partial charge is 0.396 e. The molecule has 14 heavy (non-hydrogen) atoms. The van der Waals surface area contributed by atoms with Crippen molar-refractivity contribution in [3.63, 3.8) is 0 Å². The Morgan fingerprint density at radius 3 is 3.14 bits per heavy atom. The van der Waals surface area contributed by atoms with Crippen LogP contribution in [0.25, 0.3) is 0 Å². The molecule has 0 unspecified atom stereocenters. The van der Waals surface area contributed by atoms with Crippen molar-refractivity contribution >= 4 is 23.1 Å². The highest BCUT2D eigenvalue weighted by molar-refractivity contribution is 7.98. The number of hydrogen-bond acceptors (Lipinski definition) is 4. The fraction of sp³-hybridized carbons (Fsp3) is 0.700. The van der Waals surface area contributed by atoms with Gasteiger partial charge in [-0.2, -0.15) is 11.8 Å². The number of thiazole rings is 1. The molecular formula is C10H17NOS2. The van der Waals surface area contributed by atoms with Gasteiger partial charge in [0.15, 0.2) is 0 Å². The van der Waals surface area contributed by atoms with Crippen LogP contribution >= 0.6 is 23.1 Å². The highest BCUT2D eigenvalue weighted by atomic mass is 32.2. The van der Waals surface area contributed by atoms with Gasteiger partial charge < -0.3 is 5.11 Å². The summed E-state index contributed by atoms with van der Waals surface area (Å²) < 4.78 is 0. The molecule has 4 heteroatoms. The van der Waals surface area contributed by atoms with E-state index in [4.69, 9.17) is 5.11 Å². The van der Waals surface area contributed by atoms with E-state index in [0.717, 1.165) is 24.3 Å². The molecule has 0 amide bonds. The summed E-state index contributed by atoms with van der Waals surface area (Å²) in [6.07, 6.45) is 3.16. The van der Waals surface area contributed by atoms with Crippen molar-refractivity contribution in [2.75, 3.05) is 12.4 Å². The molecule has 1 aromatic rings. The van der Waals surface area contributed by atoms with Crippen molar-refractivity contribution in [1.29, 1.82) is 0 Å². The summed E-state index contributed by atoms with van der Waals surface area (Å²) >= 11 is 3.61. The van der Waals surface area contributed by atoms with E-state index in [-0.39, 0.29) is 0 Å². The lowest BCUT2D eigenvalue weighted by Crippen LogP contribution is -1.88. The van der Waals surface area contributed by atoms with Crippen LogP contribution in [0.2, 0.25) is 0 Å². The number of hydrogen-bond donors (Lipinski definition) is 1. The summed E-state index contributed by atoms with van der Waals surface area (Å²) in [5, 5.41) is 12.0. The predicted octanol–water partition coefficient (Wildman–Crippen LogP) is 2.71. The summed E-state index contributed by atoms with van der Waals surface area (Å²) in [7, 11) is 0. The molecule has 1 N–H and O–H groups in total. The summed E-state index contributed by atoms with van der Waals surface area (Å²) in [4.78, 5) is 4.53. The van der Waals surface area contributed by atoms with Gasteiger partial charge in [-0.3, -0.25) is 0 Å². The van der Waals surface area contributed by atoms with Crippen molar-refractivity contribution in [3.05, 3.63) is 16.1 Å². The Kier molecular flexibility index (Phi) is 6.23. The summed E-state index contributed by atoms with van der Waals surface area (Å²) in [5.41, 5.74) is 1.20. The van der Waals surface area contributed by atoms with Crippen molar-refractivity contribution in [2.45, 2.75) is 31.9 Å². The van der Waals surface area contributed by atoms with E-state index < -0.39 is 0 Å². The average molecular weight is 231 g/mol. The van der Waals surface area contributed by atoms with Crippen molar-refractivity contribution in [3.8, 4) is 0 Å². The highest BCUT2D eigenvalue weighted by Gasteiger charge is 2.00. The van der Waals surface area contributed by atoms with Crippen LogP contribution in [0.4, 0.5) is 0 Å². The van der Waals surface area contributed by atoms with Gasteiger partial charge in [-0.05, 0) is 25.0 Å². The van der Waals surface area contributed by atoms with E-state index >= 15 is 0 Å². The van der Waals surface area contributed by atoms with Gasteiger partial charge in [-0.1, -0.05) is 6.92 Å². The molecule has 2 nitrogen and oxygen atoms in total. The average Bonchev–Trinajstić information content (AvgIpc) is 2.61. The molecule has 0 radical (unpaired) electrons. The van der Waals surface area contributed by atoms with Gasteiger partial charge in [-0.15, -0.1) is 11.3 Å². The molecule has 0 aromatic carbocycles. The molecule has 0 saturated heterocycles. The van der Waals surface area contributed by atoms with Gasteiger partial charge in [0.1, 0.15) is 0 Å². The monoisotopic (exact) mass is 231 g/mol. The minimum Gasteiger partial charge on any atom is -0.396 e. The molecule has 0 spiro atoms. The number of aliphatic hydroxyl groups excluding tert-OH is 1. The normalized spacial score (nSPS) is 10.7. The molecule has 0 fully saturated rings. The first kappa shape index (κ1) is 12.0. The topological polar surface area (TPSA) is 33.1 Å². The number of thioether (sulfide) groups is 1. The van der Waals surface area contributed by atoms with Crippen LogP contribution in [0.3, 0.4) is 0 Å². The fourth-order valence-electron chi connectivity index (χ4n) is 1.09. The first-order valence-corrected chi connectivity index (χ1v) is 7.02. The molecule has 1 aromatic heterocycles. The predicted molar refractivity (Wildman–Crippen MR) is 64.0 cm³/mol. The number of aryl methyl sites for hydroxylation is 1. The molecule has 0 aliphatic heterocycles. The maximum Gasteiger partial charge on any atom is 0.0928 e. The van der Waals surface area contributed by atoms with E-state index in [1.54, 1.807) is 11.3 Å². The Balaban J connectivity index is 2.22.